The zero-order chi connectivity index (χ0) is 11.7. The minimum absolute atomic E-state index is 0.0940. The largest absolute Gasteiger partial charge is 0.326 e. The maximum Gasteiger partial charge on any atom is 0.221 e. The fourth-order valence-corrected chi connectivity index (χ4v) is 2.06. The van der Waals surface area contributed by atoms with Crippen LogP contribution >= 0.6 is 15.9 Å². The number of aromatic nitrogens is 2. The van der Waals surface area contributed by atoms with Crippen LogP contribution in [-0.4, -0.2) is 15.9 Å². The summed E-state index contributed by atoms with van der Waals surface area (Å²) in [5, 5.41) is 3.61. The number of amides is 1. The van der Waals surface area contributed by atoms with Crippen LogP contribution in [0.5, 0.6) is 0 Å². The second kappa shape index (κ2) is 4.17. The standard InChI is InChI=1S/C11H10BrN3O/c1-6-13-10-4-3-8(15-7(2)16)5-9(10)11(12)14-6/h3-5H,1-2H3,(H,15,16). The third-order valence-electron chi connectivity index (χ3n) is 2.08. The summed E-state index contributed by atoms with van der Waals surface area (Å²) in [5.41, 5.74) is 1.60. The fourth-order valence-electron chi connectivity index (χ4n) is 1.48. The predicted octanol–water partition coefficient (Wildman–Crippen LogP) is 2.66. The number of nitrogens with one attached hydrogen (secondary N) is 1. The number of fused-ring (bicyclic) bond motifs is 1. The summed E-state index contributed by atoms with van der Waals surface area (Å²) >= 11 is 3.38. The molecule has 0 saturated carbocycles. The van der Waals surface area contributed by atoms with Gasteiger partial charge in [0.25, 0.3) is 0 Å². The van der Waals surface area contributed by atoms with Crippen molar-refractivity contribution in [3.63, 3.8) is 0 Å². The van der Waals surface area contributed by atoms with Crippen molar-refractivity contribution in [1.82, 2.24) is 9.97 Å². The van der Waals surface area contributed by atoms with Crippen molar-refractivity contribution < 1.29 is 4.79 Å². The van der Waals surface area contributed by atoms with E-state index in [4.69, 9.17) is 0 Å². The summed E-state index contributed by atoms with van der Waals surface area (Å²) in [6, 6.07) is 5.53. The Morgan fingerprint density at radius 2 is 2.12 bits per heavy atom. The van der Waals surface area contributed by atoms with Gasteiger partial charge in [-0.1, -0.05) is 0 Å². The Labute approximate surface area is 101 Å². The van der Waals surface area contributed by atoms with Crippen molar-refractivity contribution >= 4 is 38.4 Å². The van der Waals surface area contributed by atoms with Gasteiger partial charge >= 0.3 is 0 Å². The number of carbonyl (C=O) groups is 1. The average Bonchev–Trinajstić information content (AvgIpc) is 2.18. The highest BCUT2D eigenvalue weighted by molar-refractivity contribution is 9.10. The molecule has 0 spiro atoms. The zero-order valence-electron chi connectivity index (χ0n) is 8.91. The molecule has 0 unspecified atom stereocenters. The van der Waals surface area contributed by atoms with Crippen molar-refractivity contribution in [2.24, 2.45) is 0 Å². The van der Waals surface area contributed by atoms with Crippen LogP contribution in [0.1, 0.15) is 12.7 Å². The minimum Gasteiger partial charge on any atom is -0.326 e. The van der Waals surface area contributed by atoms with Crippen LogP contribution in [0, 0.1) is 6.92 Å². The molecule has 0 atom stereocenters. The van der Waals surface area contributed by atoms with Crippen molar-refractivity contribution in [3.8, 4) is 0 Å². The highest BCUT2D eigenvalue weighted by Crippen LogP contribution is 2.24. The number of hydrogen-bond acceptors (Lipinski definition) is 3. The van der Waals surface area contributed by atoms with Crippen LogP contribution in [0.4, 0.5) is 5.69 Å². The molecule has 0 aliphatic heterocycles. The first kappa shape index (κ1) is 11.0. The van der Waals surface area contributed by atoms with Gasteiger partial charge in [-0.05, 0) is 41.1 Å². The molecule has 16 heavy (non-hydrogen) atoms. The molecule has 0 radical (unpaired) electrons. The third-order valence-corrected chi connectivity index (χ3v) is 2.69. The normalized spacial score (nSPS) is 10.4. The Morgan fingerprint density at radius 3 is 2.81 bits per heavy atom. The van der Waals surface area contributed by atoms with Crippen LogP contribution in [0.25, 0.3) is 10.9 Å². The molecule has 1 aromatic carbocycles. The molecule has 4 nitrogen and oxygen atoms in total. The van der Waals surface area contributed by atoms with Gasteiger partial charge in [0.15, 0.2) is 0 Å². The molecule has 0 aliphatic carbocycles. The highest BCUT2D eigenvalue weighted by atomic mass is 79.9. The topological polar surface area (TPSA) is 54.9 Å². The van der Waals surface area contributed by atoms with Crippen LogP contribution < -0.4 is 5.32 Å². The van der Waals surface area contributed by atoms with Crippen LogP contribution in [0.3, 0.4) is 0 Å². The molecule has 1 N–H and O–H groups in total. The first-order valence-corrected chi connectivity index (χ1v) is 5.57. The molecular weight excluding hydrogens is 270 g/mol. The smallest absolute Gasteiger partial charge is 0.221 e. The molecular formula is C11H10BrN3O. The Morgan fingerprint density at radius 1 is 1.38 bits per heavy atom. The average molecular weight is 280 g/mol. The molecule has 0 bridgehead atoms. The number of carbonyl (C=O) groups excluding carboxylic acids is 1. The van der Waals surface area contributed by atoms with Gasteiger partial charge in [-0.25, -0.2) is 9.97 Å². The van der Waals surface area contributed by atoms with Crippen molar-refractivity contribution in [1.29, 1.82) is 0 Å². The molecule has 1 heterocycles. The van der Waals surface area contributed by atoms with Crippen LogP contribution in [-0.2, 0) is 4.79 Å². The van der Waals surface area contributed by atoms with Crippen molar-refractivity contribution in [2.45, 2.75) is 13.8 Å². The maximum atomic E-state index is 10.9. The minimum atomic E-state index is -0.0940. The van der Waals surface area contributed by atoms with E-state index in [2.05, 4.69) is 31.2 Å². The van der Waals surface area contributed by atoms with Crippen LogP contribution in [0.15, 0.2) is 22.8 Å². The van der Waals surface area contributed by atoms with Gasteiger partial charge in [-0.15, -0.1) is 0 Å². The maximum absolute atomic E-state index is 10.9. The lowest BCUT2D eigenvalue weighted by atomic mass is 10.2. The van der Waals surface area contributed by atoms with Crippen LogP contribution in [0.2, 0.25) is 0 Å². The van der Waals surface area contributed by atoms with Crippen molar-refractivity contribution in [3.05, 3.63) is 28.6 Å². The Hall–Kier alpha value is -1.49. The lowest BCUT2D eigenvalue weighted by Gasteiger charge is -2.05. The summed E-state index contributed by atoms with van der Waals surface area (Å²) in [6.07, 6.45) is 0. The van der Waals surface area contributed by atoms with E-state index < -0.39 is 0 Å². The molecule has 82 valence electrons. The molecule has 0 fully saturated rings. The summed E-state index contributed by atoms with van der Waals surface area (Å²) < 4.78 is 0.738. The van der Waals surface area contributed by atoms with Gasteiger partial charge in [0.05, 0.1) is 5.52 Å². The summed E-state index contributed by atoms with van der Waals surface area (Å²) in [7, 11) is 0. The Bertz CT molecular complexity index is 568. The summed E-state index contributed by atoms with van der Waals surface area (Å²) in [5.74, 6) is 0.621. The predicted molar refractivity (Wildman–Crippen MR) is 66.3 cm³/mol. The van der Waals surface area contributed by atoms with Gasteiger partial charge in [-0.2, -0.15) is 0 Å². The second-order valence-corrected chi connectivity index (χ2v) is 4.23. The molecule has 0 aliphatic rings. The molecule has 5 heteroatoms. The van der Waals surface area contributed by atoms with Gasteiger partial charge in [-0.3, -0.25) is 4.79 Å². The van der Waals surface area contributed by atoms with E-state index in [-0.39, 0.29) is 5.91 Å². The van der Waals surface area contributed by atoms with Gasteiger partial charge in [0.2, 0.25) is 5.91 Å². The fraction of sp³-hybridized carbons (Fsp3) is 0.182. The molecule has 2 aromatic rings. The van der Waals surface area contributed by atoms with E-state index in [0.29, 0.717) is 5.82 Å². The van der Waals surface area contributed by atoms with Gasteiger partial charge < -0.3 is 5.32 Å². The SMILES string of the molecule is CC(=O)Nc1ccc2nc(C)nc(Br)c2c1. The quantitative estimate of drug-likeness (QED) is 0.817. The number of anilines is 1. The molecule has 2 rings (SSSR count). The van der Waals surface area contributed by atoms with E-state index in [1.54, 1.807) is 0 Å². The lowest BCUT2D eigenvalue weighted by Crippen LogP contribution is -2.05. The second-order valence-electron chi connectivity index (χ2n) is 3.47. The number of nitrogens with zero attached hydrogens (tertiary/aromatic N) is 2. The van der Waals surface area contributed by atoms with Gasteiger partial charge in [0, 0.05) is 18.0 Å². The number of hydrogen-bond donors (Lipinski definition) is 1. The first-order valence-electron chi connectivity index (χ1n) is 4.78. The van der Waals surface area contributed by atoms with E-state index >= 15 is 0 Å². The molecule has 1 aromatic heterocycles. The van der Waals surface area contributed by atoms with E-state index in [1.807, 2.05) is 25.1 Å². The zero-order valence-corrected chi connectivity index (χ0v) is 10.5. The molecule has 0 saturated heterocycles. The summed E-state index contributed by atoms with van der Waals surface area (Å²) in [6.45, 7) is 3.32. The molecule has 1 amide bonds. The van der Waals surface area contributed by atoms with Gasteiger partial charge in [0.1, 0.15) is 10.4 Å². The number of benzene rings is 1. The first-order chi connectivity index (χ1) is 7.56. The lowest BCUT2D eigenvalue weighted by molar-refractivity contribution is -0.114. The van der Waals surface area contributed by atoms with E-state index in [1.165, 1.54) is 6.92 Å². The Kier molecular flexibility index (Phi) is 2.87. The van der Waals surface area contributed by atoms with Crippen molar-refractivity contribution in [2.75, 3.05) is 5.32 Å². The Balaban J connectivity index is 2.57. The number of aryl methyl sites for hydroxylation is 1. The van der Waals surface area contributed by atoms with E-state index in [0.717, 1.165) is 21.2 Å². The number of halogens is 1. The third kappa shape index (κ3) is 2.19. The summed E-state index contributed by atoms with van der Waals surface area (Å²) in [4.78, 5) is 19.5. The highest BCUT2D eigenvalue weighted by Gasteiger charge is 2.04. The number of rotatable bonds is 1. The van der Waals surface area contributed by atoms with E-state index in [9.17, 15) is 4.79 Å². The monoisotopic (exact) mass is 279 g/mol.